The molecule has 3 aliphatic heterocycles. The maximum absolute atomic E-state index is 13.1. The molecule has 0 N–H and O–H groups in total. The molecule has 2 fully saturated rings. The number of rotatable bonds is 2. The fourth-order valence-corrected chi connectivity index (χ4v) is 4.69. The molecule has 3 heterocycles. The molecule has 6 nitrogen and oxygen atoms in total. The van der Waals surface area contributed by atoms with Crippen LogP contribution in [-0.4, -0.2) is 62.2 Å². The van der Waals surface area contributed by atoms with E-state index in [1.54, 1.807) is 7.11 Å². The number of fused-ring (bicyclic) bond motifs is 2. The Balaban J connectivity index is 1.65. The summed E-state index contributed by atoms with van der Waals surface area (Å²) in [5.41, 5.74) is 2.25. The predicted octanol–water partition coefficient (Wildman–Crippen LogP) is 2.59. The second kappa shape index (κ2) is 6.81. The van der Waals surface area contributed by atoms with Gasteiger partial charge in [-0.2, -0.15) is 5.26 Å². The molecule has 6 heteroatoms. The van der Waals surface area contributed by atoms with Gasteiger partial charge in [0.15, 0.2) is 0 Å². The van der Waals surface area contributed by atoms with Crippen molar-refractivity contribution >= 4 is 11.7 Å². The predicted molar refractivity (Wildman–Crippen MR) is 99.5 cm³/mol. The van der Waals surface area contributed by atoms with E-state index in [0.29, 0.717) is 6.54 Å². The molecule has 1 spiro atoms. The third-order valence-corrected chi connectivity index (χ3v) is 6.24. The normalized spacial score (nSPS) is 21.7. The first kappa shape index (κ1) is 17.2. The molecule has 2 amide bonds. The van der Waals surface area contributed by atoms with Gasteiger partial charge in [0.2, 0.25) is 0 Å². The molecule has 0 atom stereocenters. The minimum absolute atomic E-state index is 0.0226. The van der Waals surface area contributed by atoms with Crippen molar-refractivity contribution in [3.05, 3.63) is 23.8 Å². The van der Waals surface area contributed by atoms with E-state index in [-0.39, 0.29) is 11.4 Å². The van der Waals surface area contributed by atoms with Crippen molar-refractivity contribution in [1.29, 1.82) is 5.26 Å². The number of carbonyl (C=O) groups is 1. The Morgan fingerprint density at radius 2 is 1.96 bits per heavy atom. The SMILES string of the molecule is COc1ccc2c(c1)C1(CCN(CC#N)CC1)CN2C(=O)N1CCCC1. The lowest BCUT2D eigenvalue weighted by Crippen LogP contribution is -2.48. The van der Waals surface area contributed by atoms with Crippen LogP contribution in [-0.2, 0) is 5.41 Å². The Morgan fingerprint density at radius 1 is 1.23 bits per heavy atom. The van der Waals surface area contributed by atoms with Crippen LogP contribution in [0.15, 0.2) is 18.2 Å². The molecule has 1 aromatic carbocycles. The van der Waals surface area contributed by atoms with E-state index in [9.17, 15) is 4.79 Å². The second-order valence-corrected chi connectivity index (χ2v) is 7.66. The summed E-state index contributed by atoms with van der Waals surface area (Å²) in [4.78, 5) is 19.3. The molecule has 4 rings (SSSR count). The van der Waals surface area contributed by atoms with Gasteiger partial charge in [-0.25, -0.2) is 4.79 Å². The molecular formula is C20H26N4O2. The first-order chi connectivity index (χ1) is 12.7. The number of ether oxygens (including phenoxy) is 1. The van der Waals surface area contributed by atoms with Crippen molar-refractivity contribution in [3.63, 3.8) is 0 Å². The second-order valence-electron chi connectivity index (χ2n) is 7.66. The maximum Gasteiger partial charge on any atom is 0.324 e. The van der Waals surface area contributed by atoms with Gasteiger partial charge >= 0.3 is 6.03 Å². The number of urea groups is 1. The molecule has 0 aromatic heterocycles. The molecule has 26 heavy (non-hydrogen) atoms. The summed E-state index contributed by atoms with van der Waals surface area (Å²) >= 11 is 0. The van der Waals surface area contributed by atoms with Gasteiger partial charge in [-0.3, -0.25) is 9.80 Å². The number of hydrogen-bond acceptors (Lipinski definition) is 4. The lowest BCUT2D eigenvalue weighted by atomic mass is 9.74. The van der Waals surface area contributed by atoms with Gasteiger partial charge < -0.3 is 9.64 Å². The number of piperidine rings is 1. The van der Waals surface area contributed by atoms with Crippen LogP contribution in [0, 0.1) is 11.3 Å². The molecule has 138 valence electrons. The highest BCUT2D eigenvalue weighted by atomic mass is 16.5. The van der Waals surface area contributed by atoms with Crippen LogP contribution in [0.1, 0.15) is 31.2 Å². The van der Waals surface area contributed by atoms with E-state index in [4.69, 9.17) is 10.00 Å². The smallest absolute Gasteiger partial charge is 0.324 e. The zero-order chi connectivity index (χ0) is 18.1. The van der Waals surface area contributed by atoms with Crippen LogP contribution >= 0.6 is 0 Å². The van der Waals surface area contributed by atoms with Crippen molar-refractivity contribution in [3.8, 4) is 11.8 Å². The lowest BCUT2D eigenvalue weighted by molar-refractivity contribution is 0.178. The number of carbonyl (C=O) groups excluding carboxylic acids is 1. The third kappa shape index (κ3) is 2.80. The number of likely N-dealkylation sites (tertiary alicyclic amines) is 2. The Bertz CT molecular complexity index is 728. The Hall–Kier alpha value is -2.26. The van der Waals surface area contributed by atoms with Crippen molar-refractivity contribution in [2.75, 3.05) is 51.3 Å². The van der Waals surface area contributed by atoms with Crippen molar-refractivity contribution in [2.24, 2.45) is 0 Å². The quantitative estimate of drug-likeness (QED) is 0.766. The largest absolute Gasteiger partial charge is 0.497 e. The highest BCUT2D eigenvalue weighted by molar-refractivity contribution is 5.95. The number of amides is 2. The number of hydrogen-bond donors (Lipinski definition) is 0. The van der Waals surface area contributed by atoms with Gasteiger partial charge in [-0.1, -0.05) is 0 Å². The molecule has 0 radical (unpaired) electrons. The Morgan fingerprint density at radius 3 is 2.62 bits per heavy atom. The van der Waals surface area contributed by atoms with Gasteiger partial charge in [-0.05, 0) is 49.4 Å². The molecular weight excluding hydrogens is 328 g/mol. The summed E-state index contributed by atoms with van der Waals surface area (Å²) in [6.07, 6.45) is 4.14. The molecule has 3 aliphatic rings. The zero-order valence-corrected chi connectivity index (χ0v) is 15.4. The van der Waals surface area contributed by atoms with Crippen molar-refractivity contribution in [2.45, 2.75) is 31.1 Å². The molecule has 0 unspecified atom stereocenters. The number of benzene rings is 1. The number of nitrogens with zero attached hydrogens (tertiary/aromatic N) is 4. The van der Waals surface area contributed by atoms with E-state index < -0.39 is 0 Å². The van der Waals surface area contributed by atoms with Crippen LogP contribution in [0.25, 0.3) is 0 Å². The van der Waals surface area contributed by atoms with Crippen LogP contribution in [0.3, 0.4) is 0 Å². The fourth-order valence-electron chi connectivity index (χ4n) is 4.69. The van der Waals surface area contributed by atoms with Gasteiger partial charge in [0.25, 0.3) is 0 Å². The summed E-state index contributed by atoms with van der Waals surface area (Å²) in [6, 6.07) is 8.51. The third-order valence-electron chi connectivity index (χ3n) is 6.24. The van der Waals surface area contributed by atoms with E-state index in [2.05, 4.69) is 17.0 Å². The first-order valence-corrected chi connectivity index (χ1v) is 9.51. The molecule has 2 saturated heterocycles. The van der Waals surface area contributed by atoms with Gasteiger partial charge in [0.05, 0.1) is 19.7 Å². The average molecular weight is 354 g/mol. The van der Waals surface area contributed by atoms with E-state index in [1.807, 2.05) is 21.9 Å². The highest BCUT2D eigenvalue weighted by Gasteiger charge is 2.47. The molecule has 0 bridgehead atoms. The van der Waals surface area contributed by atoms with Crippen molar-refractivity contribution < 1.29 is 9.53 Å². The topological polar surface area (TPSA) is 59.8 Å². The summed E-state index contributed by atoms with van der Waals surface area (Å²) in [6.45, 7) is 4.75. The summed E-state index contributed by atoms with van der Waals surface area (Å²) < 4.78 is 5.46. The van der Waals surface area contributed by atoms with Crippen LogP contribution in [0.2, 0.25) is 0 Å². The fraction of sp³-hybridized carbons (Fsp3) is 0.600. The Labute approximate surface area is 154 Å². The van der Waals surface area contributed by atoms with Crippen molar-refractivity contribution in [1.82, 2.24) is 9.80 Å². The van der Waals surface area contributed by atoms with Crippen LogP contribution < -0.4 is 9.64 Å². The maximum atomic E-state index is 13.1. The van der Waals surface area contributed by atoms with Gasteiger partial charge in [-0.15, -0.1) is 0 Å². The Kier molecular flexibility index (Phi) is 4.49. The van der Waals surface area contributed by atoms with Gasteiger partial charge in [0, 0.05) is 43.8 Å². The van der Waals surface area contributed by atoms with Gasteiger partial charge in [0.1, 0.15) is 5.75 Å². The molecule has 0 aliphatic carbocycles. The summed E-state index contributed by atoms with van der Waals surface area (Å²) in [5.74, 6) is 0.845. The summed E-state index contributed by atoms with van der Waals surface area (Å²) in [7, 11) is 1.69. The van der Waals surface area contributed by atoms with E-state index in [1.165, 1.54) is 5.56 Å². The molecule has 0 saturated carbocycles. The van der Waals surface area contributed by atoms with Crippen LogP contribution in [0.5, 0.6) is 5.75 Å². The summed E-state index contributed by atoms with van der Waals surface area (Å²) in [5, 5.41) is 8.97. The number of nitriles is 1. The number of anilines is 1. The van der Waals surface area contributed by atoms with E-state index >= 15 is 0 Å². The lowest BCUT2D eigenvalue weighted by Gasteiger charge is -2.39. The first-order valence-electron chi connectivity index (χ1n) is 9.51. The minimum Gasteiger partial charge on any atom is -0.497 e. The molecule has 1 aromatic rings. The monoisotopic (exact) mass is 354 g/mol. The van der Waals surface area contributed by atoms with Crippen LogP contribution in [0.4, 0.5) is 10.5 Å². The highest BCUT2D eigenvalue weighted by Crippen LogP contribution is 2.48. The average Bonchev–Trinajstić information content (AvgIpc) is 3.31. The standard InChI is InChI=1S/C20H26N4O2/c1-26-16-4-5-18-17(14-16)20(6-11-22(12-7-20)13-8-21)15-24(18)19(25)23-9-2-3-10-23/h4-5,14H,2-3,6-7,9-13,15H2,1H3. The zero-order valence-electron chi connectivity index (χ0n) is 15.4. The van der Waals surface area contributed by atoms with E-state index in [0.717, 1.165) is 69.8 Å². The number of methoxy groups -OCH3 is 1. The minimum atomic E-state index is -0.0226.